The van der Waals surface area contributed by atoms with Crippen molar-refractivity contribution in [2.45, 2.75) is 44.7 Å². The van der Waals surface area contributed by atoms with Crippen LogP contribution in [0.1, 0.15) is 41.6 Å². The highest BCUT2D eigenvalue weighted by Crippen LogP contribution is 2.37. The van der Waals surface area contributed by atoms with E-state index in [1.165, 1.54) is 25.7 Å². The predicted molar refractivity (Wildman–Crippen MR) is 85.2 cm³/mol. The number of nitrogens with two attached hydrogens (primary N) is 1. The average molecular weight is 287 g/mol. The number of benzene rings is 1. The first kappa shape index (κ1) is 14.4. The summed E-state index contributed by atoms with van der Waals surface area (Å²) in [6.45, 7) is 2.75. The van der Waals surface area contributed by atoms with E-state index in [0.29, 0.717) is 17.2 Å². The quantitative estimate of drug-likeness (QED) is 0.838. The first-order valence-electron chi connectivity index (χ1n) is 7.91. The molecule has 3 N–H and O–H groups in total. The summed E-state index contributed by atoms with van der Waals surface area (Å²) >= 11 is 0. The Morgan fingerprint density at radius 2 is 2.00 bits per heavy atom. The molecule has 2 atom stereocenters. The van der Waals surface area contributed by atoms with Crippen LogP contribution >= 0.6 is 0 Å². The summed E-state index contributed by atoms with van der Waals surface area (Å²) in [6, 6.07) is 7.04. The predicted octanol–water partition coefficient (Wildman–Crippen LogP) is 2.18. The van der Waals surface area contributed by atoms with Crippen molar-refractivity contribution >= 4 is 11.6 Å². The molecular formula is C17H25N3O. The zero-order valence-corrected chi connectivity index (χ0v) is 12.9. The minimum atomic E-state index is -0.0394. The van der Waals surface area contributed by atoms with Gasteiger partial charge in [0.2, 0.25) is 0 Å². The van der Waals surface area contributed by atoms with E-state index in [1.807, 2.05) is 19.1 Å². The fourth-order valence-electron chi connectivity index (χ4n) is 3.89. The molecule has 2 heterocycles. The monoisotopic (exact) mass is 287 g/mol. The molecule has 21 heavy (non-hydrogen) atoms. The van der Waals surface area contributed by atoms with Crippen molar-refractivity contribution in [2.75, 3.05) is 19.3 Å². The highest BCUT2D eigenvalue weighted by atomic mass is 16.1. The molecule has 0 spiro atoms. The molecular weight excluding hydrogens is 262 g/mol. The molecule has 2 saturated heterocycles. The number of nitrogen functional groups attached to an aromatic ring is 1. The van der Waals surface area contributed by atoms with E-state index < -0.39 is 0 Å². The molecule has 0 aliphatic carbocycles. The van der Waals surface area contributed by atoms with Gasteiger partial charge in [-0.1, -0.05) is 11.6 Å². The molecule has 0 radical (unpaired) electrons. The van der Waals surface area contributed by atoms with E-state index >= 15 is 0 Å². The van der Waals surface area contributed by atoms with E-state index in [-0.39, 0.29) is 5.91 Å². The molecule has 1 aromatic rings. The minimum Gasteiger partial charge on any atom is -0.398 e. The lowest BCUT2D eigenvalue weighted by Gasteiger charge is -2.36. The van der Waals surface area contributed by atoms with Crippen LogP contribution in [0.2, 0.25) is 0 Å². The molecule has 4 nitrogen and oxygen atoms in total. The number of nitrogens with one attached hydrogen (secondary N) is 1. The third-order valence-electron chi connectivity index (χ3n) is 5.20. The van der Waals surface area contributed by atoms with E-state index in [4.69, 9.17) is 5.73 Å². The number of nitrogens with zero attached hydrogens (tertiary/aromatic N) is 1. The van der Waals surface area contributed by atoms with Gasteiger partial charge in [-0.05, 0) is 57.7 Å². The Morgan fingerprint density at radius 1 is 1.33 bits per heavy atom. The first-order chi connectivity index (χ1) is 10.0. The number of piperidine rings is 1. The highest BCUT2D eigenvalue weighted by Gasteiger charge is 2.38. The number of hydrogen-bond donors (Lipinski definition) is 2. The molecule has 1 aromatic carbocycles. The van der Waals surface area contributed by atoms with Crippen LogP contribution in [-0.2, 0) is 0 Å². The van der Waals surface area contributed by atoms with Crippen molar-refractivity contribution in [1.29, 1.82) is 0 Å². The molecule has 2 aliphatic rings. The van der Waals surface area contributed by atoms with Crippen LogP contribution in [0.15, 0.2) is 18.2 Å². The molecule has 4 heteroatoms. The van der Waals surface area contributed by atoms with Crippen molar-refractivity contribution in [3.05, 3.63) is 29.3 Å². The molecule has 2 aliphatic heterocycles. The van der Waals surface area contributed by atoms with Crippen LogP contribution in [0, 0.1) is 12.8 Å². The smallest absolute Gasteiger partial charge is 0.253 e. The summed E-state index contributed by atoms with van der Waals surface area (Å²) in [5.41, 5.74) is 8.13. The van der Waals surface area contributed by atoms with E-state index in [0.717, 1.165) is 24.2 Å². The molecule has 2 bridgehead atoms. The molecule has 1 amide bonds. The maximum atomic E-state index is 12.3. The Labute approximate surface area is 126 Å². The van der Waals surface area contributed by atoms with Crippen LogP contribution in [0.5, 0.6) is 0 Å². The lowest BCUT2D eigenvalue weighted by atomic mass is 9.91. The number of amides is 1. The Hall–Kier alpha value is -1.55. The number of carbonyl (C=O) groups is 1. The minimum absolute atomic E-state index is 0.0394. The average Bonchev–Trinajstić information content (AvgIpc) is 2.69. The van der Waals surface area contributed by atoms with Crippen molar-refractivity contribution in [1.82, 2.24) is 10.2 Å². The van der Waals surface area contributed by atoms with Crippen molar-refractivity contribution in [3.8, 4) is 0 Å². The summed E-state index contributed by atoms with van der Waals surface area (Å²) in [7, 11) is 2.24. The van der Waals surface area contributed by atoms with Crippen molar-refractivity contribution in [3.63, 3.8) is 0 Å². The third kappa shape index (κ3) is 2.91. The normalized spacial score (nSPS) is 28.6. The summed E-state index contributed by atoms with van der Waals surface area (Å²) in [5, 5.41) is 3.08. The van der Waals surface area contributed by atoms with Gasteiger partial charge in [-0.2, -0.15) is 0 Å². The fourth-order valence-corrected chi connectivity index (χ4v) is 3.89. The highest BCUT2D eigenvalue weighted by molar-refractivity contribution is 5.99. The second-order valence-corrected chi connectivity index (χ2v) is 6.69. The zero-order chi connectivity index (χ0) is 15.0. The SMILES string of the molecule is Cc1ccc(N)c(C(=O)NCC2CC3CCC(C2)N3C)c1. The van der Waals surface area contributed by atoms with Gasteiger partial charge in [0.15, 0.2) is 0 Å². The van der Waals surface area contributed by atoms with Gasteiger partial charge in [-0.15, -0.1) is 0 Å². The van der Waals surface area contributed by atoms with Gasteiger partial charge in [0.25, 0.3) is 5.91 Å². The van der Waals surface area contributed by atoms with Crippen LogP contribution < -0.4 is 11.1 Å². The van der Waals surface area contributed by atoms with Crippen LogP contribution in [0.3, 0.4) is 0 Å². The summed E-state index contributed by atoms with van der Waals surface area (Å²) < 4.78 is 0. The van der Waals surface area contributed by atoms with Crippen LogP contribution in [-0.4, -0.2) is 36.5 Å². The zero-order valence-electron chi connectivity index (χ0n) is 12.9. The Bertz CT molecular complexity index is 529. The summed E-state index contributed by atoms with van der Waals surface area (Å²) in [6.07, 6.45) is 5.04. The number of rotatable bonds is 3. The summed E-state index contributed by atoms with van der Waals surface area (Å²) in [4.78, 5) is 14.8. The maximum Gasteiger partial charge on any atom is 0.253 e. The van der Waals surface area contributed by atoms with Gasteiger partial charge in [0.05, 0.1) is 5.56 Å². The number of hydrogen-bond acceptors (Lipinski definition) is 3. The van der Waals surface area contributed by atoms with Gasteiger partial charge in [0.1, 0.15) is 0 Å². The molecule has 2 fully saturated rings. The van der Waals surface area contributed by atoms with Crippen molar-refractivity contribution < 1.29 is 4.79 Å². The Morgan fingerprint density at radius 3 is 2.67 bits per heavy atom. The largest absolute Gasteiger partial charge is 0.398 e. The van der Waals surface area contributed by atoms with Crippen LogP contribution in [0.25, 0.3) is 0 Å². The fraction of sp³-hybridized carbons (Fsp3) is 0.588. The summed E-state index contributed by atoms with van der Waals surface area (Å²) in [5.74, 6) is 0.566. The topological polar surface area (TPSA) is 58.4 Å². The van der Waals surface area contributed by atoms with Gasteiger partial charge in [-0.3, -0.25) is 4.79 Å². The second kappa shape index (κ2) is 5.68. The van der Waals surface area contributed by atoms with E-state index in [1.54, 1.807) is 6.07 Å². The Kier molecular flexibility index (Phi) is 3.89. The second-order valence-electron chi connectivity index (χ2n) is 6.69. The maximum absolute atomic E-state index is 12.3. The number of fused-ring (bicyclic) bond motifs is 2. The third-order valence-corrected chi connectivity index (χ3v) is 5.20. The lowest BCUT2D eigenvalue weighted by Crippen LogP contribution is -2.43. The number of carbonyl (C=O) groups excluding carboxylic acids is 1. The lowest BCUT2D eigenvalue weighted by molar-refractivity contribution is 0.0918. The van der Waals surface area contributed by atoms with E-state index in [9.17, 15) is 4.79 Å². The van der Waals surface area contributed by atoms with Gasteiger partial charge in [-0.25, -0.2) is 0 Å². The molecule has 2 unspecified atom stereocenters. The van der Waals surface area contributed by atoms with Gasteiger partial charge >= 0.3 is 0 Å². The number of anilines is 1. The first-order valence-corrected chi connectivity index (χ1v) is 7.91. The molecule has 114 valence electrons. The van der Waals surface area contributed by atoms with Gasteiger partial charge < -0.3 is 16.0 Å². The van der Waals surface area contributed by atoms with Crippen molar-refractivity contribution in [2.24, 2.45) is 5.92 Å². The van der Waals surface area contributed by atoms with Gasteiger partial charge in [0, 0.05) is 24.3 Å². The molecule has 0 aromatic heterocycles. The number of aryl methyl sites for hydroxylation is 1. The molecule has 0 saturated carbocycles. The van der Waals surface area contributed by atoms with E-state index in [2.05, 4.69) is 17.3 Å². The van der Waals surface area contributed by atoms with Crippen LogP contribution in [0.4, 0.5) is 5.69 Å². The molecule has 3 rings (SSSR count). The standard InChI is InChI=1S/C17H25N3O/c1-11-3-6-16(18)15(7-11)17(21)19-10-12-8-13-4-5-14(9-12)20(13)2/h3,6-7,12-14H,4-5,8-10,18H2,1-2H3,(H,19,21). The Balaban J connectivity index is 1.58.